The summed E-state index contributed by atoms with van der Waals surface area (Å²) in [6.07, 6.45) is 10.2. The lowest BCUT2D eigenvalue weighted by Gasteiger charge is -2.31. The van der Waals surface area contributed by atoms with Gasteiger partial charge in [-0.15, -0.1) is 4.31 Å². The number of benzene rings is 2. The number of hydrogen-bond acceptors (Lipinski definition) is 4. The van der Waals surface area contributed by atoms with Crippen LogP contribution in [0.4, 0.5) is 0 Å². The first-order valence-corrected chi connectivity index (χ1v) is 15.8. The Hall–Kier alpha value is -3.11. The second-order valence-electron chi connectivity index (χ2n) is 10.6. The maximum Gasteiger partial charge on any atom is 0.226 e. The first kappa shape index (κ1) is 28.4. The molecular formula is C31H37N5O2S2. The van der Waals surface area contributed by atoms with E-state index in [1.54, 1.807) is 6.26 Å². The number of nitrogens with zero attached hydrogens (tertiary/aromatic N) is 2. The highest BCUT2D eigenvalue weighted by molar-refractivity contribution is 7.88. The van der Waals surface area contributed by atoms with Crippen LogP contribution in [0.1, 0.15) is 54.6 Å². The predicted octanol–water partition coefficient (Wildman–Crippen LogP) is 5.01. The number of nitrogens with two attached hydrogens (primary N) is 1. The summed E-state index contributed by atoms with van der Waals surface area (Å²) in [6.45, 7) is 4.21. The molecule has 0 spiro atoms. The van der Waals surface area contributed by atoms with Crippen molar-refractivity contribution in [2.24, 2.45) is 5.73 Å². The molecule has 2 aromatic heterocycles. The molecule has 1 aliphatic heterocycles. The number of aryl methyl sites for hydroxylation is 1. The Morgan fingerprint density at radius 2 is 1.98 bits per heavy atom. The van der Waals surface area contributed by atoms with Gasteiger partial charge in [0.2, 0.25) is 5.91 Å². The van der Waals surface area contributed by atoms with Crippen LogP contribution in [0.2, 0.25) is 0 Å². The number of thiocarbonyl (C=S) groups is 1. The fourth-order valence-corrected chi connectivity index (χ4v) is 6.47. The van der Waals surface area contributed by atoms with E-state index in [-0.39, 0.29) is 5.91 Å². The van der Waals surface area contributed by atoms with Crippen LogP contribution in [0, 0.1) is 0 Å². The Kier molecular flexibility index (Phi) is 8.95. The number of carbonyl (C=O) groups is 1. The van der Waals surface area contributed by atoms with Gasteiger partial charge in [0.15, 0.2) is 0 Å². The van der Waals surface area contributed by atoms with Crippen LogP contribution in [0.15, 0.2) is 60.9 Å². The largest absolute Gasteiger partial charge is 0.598 e. The predicted molar refractivity (Wildman–Crippen MR) is 168 cm³/mol. The molecule has 1 fully saturated rings. The van der Waals surface area contributed by atoms with Crippen LogP contribution in [0.5, 0.6) is 0 Å². The molecule has 40 heavy (non-hydrogen) atoms. The van der Waals surface area contributed by atoms with Crippen molar-refractivity contribution in [1.82, 2.24) is 19.2 Å². The Balaban J connectivity index is 1.40. The SMILES string of the molecule is CCCc1c[nH]c(CC(=O)NCc2ccc3c(-c4cccc(C(N)=S)c4)cn(C4CCN([S+](C)[O-])CC4)c3c2)c1. The fraction of sp³-hybridized carbons (Fsp3) is 0.355. The number of H-pyrrole nitrogens is 1. The van der Waals surface area contributed by atoms with Gasteiger partial charge in [-0.1, -0.05) is 55.9 Å². The molecule has 0 aliphatic carbocycles. The number of hydrogen-bond donors (Lipinski definition) is 3. The van der Waals surface area contributed by atoms with Gasteiger partial charge in [-0.2, -0.15) is 0 Å². The average molecular weight is 576 g/mol. The zero-order valence-corrected chi connectivity index (χ0v) is 24.7. The third-order valence-electron chi connectivity index (χ3n) is 7.72. The third kappa shape index (κ3) is 6.44. The van der Waals surface area contributed by atoms with Gasteiger partial charge in [-0.25, -0.2) is 0 Å². The number of aromatic amines is 1. The van der Waals surface area contributed by atoms with E-state index in [1.807, 2.05) is 28.7 Å². The van der Waals surface area contributed by atoms with Crippen LogP contribution in [-0.4, -0.2) is 48.7 Å². The second-order valence-corrected chi connectivity index (χ2v) is 12.4. The van der Waals surface area contributed by atoms with Crippen LogP contribution in [0.3, 0.4) is 0 Å². The minimum absolute atomic E-state index is 0.00410. The van der Waals surface area contributed by atoms with Gasteiger partial charge in [-0.3, -0.25) is 4.79 Å². The van der Waals surface area contributed by atoms with Crippen LogP contribution in [0.25, 0.3) is 22.0 Å². The Morgan fingerprint density at radius 3 is 2.70 bits per heavy atom. The molecule has 210 valence electrons. The summed E-state index contributed by atoms with van der Waals surface area (Å²) in [5, 5.41) is 4.24. The van der Waals surface area contributed by atoms with Gasteiger partial charge in [0.1, 0.15) is 11.2 Å². The lowest BCUT2D eigenvalue weighted by molar-refractivity contribution is -0.120. The van der Waals surface area contributed by atoms with Gasteiger partial charge >= 0.3 is 0 Å². The quantitative estimate of drug-likeness (QED) is 0.182. The van der Waals surface area contributed by atoms with Crippen molar-refractivity contribution in [1.29, 1.82) is 0 Å². The number of piperidine rings is 1. The van der Waals surface area contributed by atoms with Crippen molar-refractivity contribution in [3.05, 3.63) is 83.3 Å². The molecule has 1 amide bonds. The van der Waals surface area contributed by atoms with E-state index < -0.39 is 11.4 Å². The molecule has 1 saturated heterocycles. The van der Waals surface area contributed by atoms with Crippen molar-refractivity contribution in [3.8, 4) is 11.1 Å². The standard InChI is InChI=1S/C31H37N5O2S2/c1-3-5-21-14-25(33-18-21)17-30(37)34-19-22-8-9-27-28(23-6-4-7-24(16-23)31(32)39)20-36(29(27)15-22)26-10-12-35(13-11-26)40(2)38/h4,6-9,14-16,18,20,26,33H,3,5,10-13,17,19H2,1-2H3,(H2,32,39)(H,34,37). The maximum atomic E-state index is 12.7. The molecule has 1 atom stereocenters. The molecule has 9 heteroatoms. The van der Waals surface area contributed by atoms with E-state index in [0.717, 1.165) is 77.6 Å². The molecule has 5 rings (SSSR count). The molecule has 3 heterocycles. The molecule has 0 saturated carbocycles. The van der Waals surface area contributed by atoms with Crippen molar-refractivity contribution in [2.45, 2.75) is 51.6 Å². The van der Waals surface area contributed by atoms with Gasteiger partial charge in [-0.05, 0) is 54.2 Å². The van der Waals surface area contributed by atoms with Crippen LogP contribution >= 0.6 is 12.2 Å². The van der Waals surface area contributed by atoms with E-state index in [2.05, 4.69) is 58.3 Å². The van der Waals surface area contributed by atoms with Crippen LogP contribution < -0.4 is 11.1 Å². The topological polar surface area (TPSA) is 102 Å². The monoisotopic (exact) mass is 575 g/mol. The average Bonchev–Trinajstić information content (AvgIpc) is 3.56. The molecule has 4 aromatic rings. The highest BCUT2D eigenvalue weighted by Gasteiger charge is 2.27. The Labute approximate surface area is 244 Å². The summed E-state index contributed by atoms with van der Waals surface area (Å²) in [4.78, 5) is 16.3. The normalized spacial score (nSPS) is 15.4. The molecule has 1 unspecified atom stereocenters. The number of fused-ring (bicyclic) bond motifs is 1. The minimum Gasteiger partial charge on any atom is -0.598 e. The minimum atomic E-state index is -0.950. The van der Waals surface area contributed by atoms with E-state index >= 15 is 0 Å². The lowest BCUT2D eigenvalue weighted by Crippen LogP contribution is -2.38. The smallest absolute Gasteiger partial charge is 0.226 e. The van der Waals surface area contributed by atoms with Gasteiger partial charge in [0.05, 0.1) is 6.42 Å². The zero-order valence-electron chi connectivity index (χ0n) is 23.1. The highest BCUT2D eigenvalue weighted by atomic mass is 32.2. The van der Waals surface area contributed by atoms with E-state index in [9.17, 15) is 9.35 Å². The van der Waals surface area contributed by atoms with Crippen molar-refractivity contribution in [3.63, 3.8) is 0 Å². The van der Waals surface area contributed by atoms with Crippen molar-refractivity contribution in [2.75, 3.05) is 19.3 Å². The number of nitrogens with one attached hydrogen (secondary N) is 2. The number of amides is 1. The zero-order chi connectivity index (χ0) is 28.2. The first-order valence-electron chi connectivity index (χ1n) is 13.9. The molecule has 7 nitrogen and oxygen atoms in total. The third-order valence-corrected chi connectivity index (χ3v) is 9.05. The van der Waals surface area contributed by atoms with E-state index in [4.69, 9.17) is 18.0 Å². The molecule has 2 aromatic carbocycles. The molecule has 1 aliphatic rings. The van der Waals surface area contributed by atoms with Crippen molar-refractivity contribution < 1.29 is 9.35 Å². The van der Waals surface area contributed by atoms with E-state index in [1.165, 1.54) is 5.56 Å². The lowest BCUT2D eigenvalue weighted by atomic mass is 10.0. The molecular weight excluding hydrogens is 539 g/mol. The number of rotatable bonds is 10. The van der Waals surface area contributed by atoms with Crippen molar-refractivity contribution >= 4 is 45.4 Å². The molecule has 4 N–H and O–H groups in total. The summed E-state index contributed by atoms with van der Waals surface area (Å²) >= 11 is 4.28. The number of aromatic nitrogens is 2. The Bertz CT molecular complexity index is 1500. The van der Waals surface area contributed by atoms with Gasteiger partial charge in [0.25, 0.3) is 0 Å². The molecule has 0 radical (unpaired) electrons. The van der Waals surface area contributed by atoms with Gasteiger partial charge in [0, 0.05) is 77.2 Å². The Morgan fingerprint density at radius 1 is 1.18 bits per heavy atom. The maximum absolute atomic E-state index is 12.7. The van der Waals surface area contributed by atoms with E-state index in [0.29, 0.717) is 24.0 Å². The summed E-state index contributed by atoms with van der Waals surface area (Å²) in [5.41, 5.74) is 13.3. The summed E-state index contributed by atoms with van der Waals surface area (Å²) in [6, 6.07) is 16.9. The fourth-order valence-electron chi connectivity index (χ4n) is 5.62. The second kappa shape index (κ2) is 12.6. The summed E-state index contributed by atoms with van der Waals surface area (Å²) in [7, 11) is 0. The first-order chi connectivity index (χ1) is 19.3. The molecule has 0 bridgehead atoms. The van der Waals surface area contributed by atoms with Gasteiger partial charge < -0.3 is 25.2 Å². The van der Waals surface area contributed by atoms with Crippen LogP contribution in [-0.2, 0) is 35.5 Å². The number of carbonyl (C=O) groups excluding carboxylic acids is 1. The summed E-state index contributed by atoms with van der Waals surface area (Å²) < 4.78 is 16.4. The highest BCUT2D eigenvalue weighted by Crippen LogP contribution is 2.36. The summed E-state index contributed by atoms with van der Waals surface area (Å²) in [5.74, 6) is -0.00410.